The van der Waals surface area contributed by atoms with Crippen LogP contribution in [0.4, 0.5) is 13.2 Å². The Balaban J connectivity index is 1.96. The van der Waals surface area contributed by atoms with Crippen LogP contribution in [0.15, 0.2) is 47.5 Å². The zero-order valence-electron chi connectivity index (χ0n) is 16.2. The summed E-state index contributed by atoms with van der Waals surface area (Å²) in [7, 11) is -4.52. The maximum Gasteiger partial charge on any atom is 0.492 e. The quantitative estimate of drug-likeness (QED) is 0.605. The molecule has 0 fully saturated rings. The predicted molar refractivity (Wildman–Crippen MR) is 103 cm³/mol. The van der Waals surface area contributed by atoms with Crippen molar-refractivity contribution in [1.29, 1.82) is 0 Å². The standard InChI is InChI=1S/C19H18F3N3O4S/c1-11(2)25(29-18(26)19(20,21)22)30(27,28)14-6-4-13(5-7-14)15-8-9-23-17-16(15)10-12(3)24-17/h4-11H,1-3H3,(H,23,24). The summed E-state index contributed by atoms with van der Waals surface area (Å²) >= 11 is 0. The Morgan fingerprint density at radius 2 is 1.80 bits per heavy atom. The number of pyridine rings is 1. The van der Waals surface area contributed by atoms with Crippen molar-refractivity contribution < 1.29 is 31.2 Å². The van der Waals surface area contributed by atoms with E-state index in [9.17, 15) is 26.4 Å². The van der Waals surface area contributed by atoms with Crippen LogP contribution in [0.25, 0.3) is 22.2 Å². The number of aromatic amines is 1. The van der Waals surface area contributed by atoms with Gasteiger partial charge in [0.15, 0.2) is 0 Å². The van der Waals surface area contributed by atoms with Crippen molar-refractivity contribution >= 4 is 27.0 Å². The Morgan fingerprint density at radius 1 is 1.17 bits per heavy atom. The van der Waals surface area contributed by atoms with Crippen LogP contribution in [0.3, 0.4) is 0 Å². The van der Waals surface area contributed by atoms with E-state index in [0.717, 1.165) is 16.6 Å². The summed E-state index contributed by atoms with van der Waals surface area (Å²) in [6, 6.07) is 8.15. The Kier molecular flexibility index (Phi) is 5.61. The number of carbonyl (C=O) groups is 1. The molecule has 0 unspecified atom stereocenters. The summed E-state index contributed by atoms with van der Waals surface area (Å²) < 4.78 is 63.2. The highest BCUT2D eigenvalue weighted by Crippen LogP contribution is 2.30. The third-order valence-electron chi connectivity index (χ3n) is 4.19. The second-order valence-corrected chi connectivity index (χ2v) is 8.61. The maximum atomic E-state index is 12.8. The lowest BCUT2D eigenvalue weighted by molar-refractivity contribution is -0.225. The molecule has 1 aromatic carbocycles. The maximum absolute atomic E-state index is 12.8. The number of hydroxylamine groups is 1. The van der Waals surface area contributed by atoms with Crippen molar-refractivity contribution in [3.05, 3.63) is 48.3 Å². The average Bonchev–Trinajstić information content (AvgIpc) is 3.04. The number of hydrogen-bond donors (Lipinski definition) is 1. The van der Waals surface area contributed by atoms with Crippen LogP contribution in [0.1, 0.15) is 19.5 Å². The minimum atomic E-state index is -5.33. The lowest BCUT2D eigenvalue weighted by Crippen LogP contribution is -2.42. The number of nitrogens with one attached hydrogen (secondary N) is 1. The van der Waals surface area contributed by atoms with Crippen LogP contribution < -0.4 is 0 Å². The van der Waals surface area contributed by atoms with Crippen LogP contribution in [0.2, 0.25) is 0 Å². The van der Waals surface area contributed by atoms with E-state index in [0.29, 0.717) is 11.2 Å². The minimum Gasteiger partial charge on any atom is -0.345 e. The summed E-state index contributed by atoms with van der Waals surface area (Å²) in [6.07, 6.45) is -3.72. The van der Waals surface area contributed by atoms with Crippen LogP contribution in [0.5, 0.6) is 0 Å². The molecule has 0 aliphatic carbocycles. The Hall–Kier alpha value is -2.92. The van der Waals surface area contributed by atoms with Gasteiger partial charge >= 0.3 is 12.1 Å². The van der Waals surface area contributed by atoms with Gasteiger partial charge in [-0.25, -0.2) is 18.2 Å². The molecule has 0 aliphatic heterocycles. The molecule has 0 saturated heterocycles. The molecule has 2 heterocycles. The normalized spacial score (nSPS) is 12.7. The van der Waals surface area contributed by atoms with Gasteiger partial charge in [-0.3, -0.25) is 0 Å². The van der Waals surface area contributed by atoms with Crippen LogP contribution in [-0.2, 0) is 19.7 Å². The smallest absolute Gasteiger partial charge is 0.345 e. The van der Waals surface area contributed by atoms with Gasteiger partial charge in [0.25, 0.3) is 10.0 Å². The first kappa shape index (κ1) is 21.8. The highest BCUT2D eigenvalue weighted by molar-refractivity contribution is 7.89. The fourth-order valence-corrected chi connectivity index (χ4v) is 4.29. The molecule has 0 atom stereocenters. The van der Waals surface area contributed by atoms with E-state index in [-0.39, 0.29) is 9.36 Å². The molecule has 0 saturated carbocycles. The van der Waals surface area contributed by atoms with E-state index in [4.69, 9.17) is 0 Å². The van der Waals surface area contributed by atoms with Gasteiger partial charge in [-0.05, 0) is 60.6 Å². The molecule has 7 nitrogen and oxygen atoms in total. The third kappa shape index (κ3) is 4.17. The number of aromatic nitrogens is 2. The Bertz CT molecular complexity index is 1190. The number of carbonyl (C=O) groups excluding carboxylic acids is 1. The number of benzene rings is 1. The van der Waals surface area contributed by atoms with Gasteiger partial charge in [-0.15, -0.1) is 0 Å². The first-order chi connectivity index (χ1) is 13.9. The van der Waals surface area contributed by atoms with E-state index >= 15 is 0 Å². The fraction of sp³-hybridized carbons (Fsp3) is 0.263. The number of nitrogens with zero attached hydrogens (tertiary/aromatic N) is 2. The number of halogens is 3. The summed E-state index contributed by atoms with van der Waals surface area (Å²) in [5, 5.41) is 0.841. The monoisotopic (exact) mass is 441 g/mol. The topological polar surface area (TPSA) is 92.4 Å². The fourth-order valence-electron chi connectivity index (χ4n) is 2.89. The van der Waals surface area contributed by atoms with Crippen LogP contribution in [-0.4, -0.2) is 41.0 Å². The largest absolute Gasteiger partial charge is 0.492 e. The second kappa shape index (κ2) is 7.73. The zero-order valence-corrected chi connectivity index (χ0v) is 17.0. The molecule has 3 rings (SSSR count). The highest BCUT2D eigenvalue weighted by Gasteiger charge is 2.45. The first-order valence-corrected chi connectivity index (χ1v) is 10.2. The number of rotatable bonds is 5. The molecule has 0 radical (unpaired) electrons. The van der Waals surface area contributed by atoms with E-state index < -0.39 is 28.2 Å². The van der Waals surface area contributed by atoms with Crippen molar-refractivity contribution in [2.24, 2.45) is 0 Å². The van der Waals surface area contributed by atoms with Crippen molar-refractivity contribution in [2.75, 3.05) is 0 Å². The van der Waals surface area contributed by atoms with E-state index in [1.807, 2.05) is 13.0 Å². The summed E-state index contributed by atoms with van der Waals surface area (Å²) in [4.78, 5) is 22.3. The van der Waals surface area contributed by atoms with Gasteiger partial charge in [0.2, 0.25) is 0 Å². The lowest BCUT2D eigenvalue weighted by atomic mass is 10.0. The van der Waals surface area contributed by atoms with Gasteiger partial charge in [0.05, 0.1) is 10.9 Å². The summed E-state index contributed by atoms with van der Waals surface area (Å²) in [5.74, 6) is -2.61. The molecule has 3 aromatic rings. The Morgan fingerprint density at radius 3 is 2.37 bits per heavy atom. The molecule has 1 N–H and O–H groups in total. The van der Waals surface area contributed by atoms with E-state index in [2.05, 4.69) is 14.8 Å². The first-order valence-electron chi connectivity index (χ1n) is 8.79. The second-order valence-electron chi connectivity index (χ2n) is 6.83. The number of aryl methyl sites for hydroxylation is 1. The molecular formula is C19H18F3N3O4S. The predicted octanol–water partition coefficient (Wildman–Crippen LogP) is 3.96. The number of hydrogen-bond acceptors (Lipinski definition) is 5. The lowest BCUT2D eigenvalue weighted by Gasteiger charge is -2.24. The number of H-pyrrole nitrogens is 1. The van der Waals surface area contributed by atoms with Crippen LogP contribution in [0, 0.1) is 6.92 Å². The molecule has 11 heteroatoms. The van der Waals surface area contributed by atoms with E-state index in [1.54, 1.807) is 12.3 Å². The molecule has 0 amide bonds. The zero-order chi connectivity index (χ0) is 22.3. The highest BCUT2D eigenvalue weighted by atomic mass is 32.2. The summed E-state index contributed by atoms with van der Waals surface area (Å²) in [6.45, 7) is 4.46. The number of fused-ring (bicyclic) bond motifs is 1. The van der Waals surface area contributed by atoms with Gasteiger partial charge < -0.3 is 9.82 Å². The SMILES string of the molecule is Cc1cc2c(-c3ccc(S(=O)(=O)N(OC(=O)C(F)(F)F)C(C)C)cc3)ccnc2[nH]1. The van der Waals surface area contributed by atoms with E-state index in [1.165, 1.54) is 38.1 Å². The molecule has 0 aliphatic rings. The molecule has 30 heavy (non-hydrogen) atoms. The third-order valence-corrected chi connectivity index (χ3v) is 6.03. The van der Waals surface area contributed by atoms with Crippen LogP contribution >= 0.6 is 0 Å². The molecule has 0 bridgehead atoms. The number of alkyl halides is 3. The van der Waals surface area contributed by atoms with Gasteiger partial charge in [-0.2, -0.15) is 13.2 Å². The summed E-state index contributed by atoms with van der Waals surface area (Å²) in [5.41, 5.74) is 3.07. The van der Waals surface area contributed by atoms with Gasteiger partial charge in [-0.1, -0.05) is 12.1 Å². The Labute approximate surface area is 170 Å². The minimum absolute atomic E-state index is 0.0536. The van der Waals surface area contributed by atoms with Crippen molar-refractivity contribution in [3.63, 3.8) is 0 Å². The molecule has 160 valence electrons. The van der Waals surface area contributed by atoms with Crippen molar-refractivity contribution in [1.82, 2.24) is 14.4 Å². The molecule has 2 aromatic heterocycles. The van der Waals surface area contributed by atoms with Crippen molar-refractivity contribution in [3.8, 4) is 11.1 Å². The molecular weight excluding hydrogens is 423 g/mol. The average molecular weight is 441 g/mol. The van der Waals surface area contributed by atoms with Gasteiger partial charge in [0.1, 0.15) is 5.65 Å². The van der Waals surface area contributed by atoms with Crippen molar-refractivity contribution in [2.45, 2.75) is 37.9 Å². The molecule has 0 spiro atoms. The number of sulfonamides is 1. The van der Waals surface area contributed by atoms with Gasteiger partial charge in [0, 0.05) is 17.3 Å².